The first-order valence-electron chi connectivity index (χ1n) is 9.75. The maximum absolute atomic E-state index is 11.8. The van der Waals surface area contributed by atoms with E-state index in [-0.39, 0.29) is 12.1 Å². The number of nitrogens with one attached hydrogen (secondary N) is 3. The smallest absolute Gasteiger partial charge is 0.319 e. The summed E-state index contributed by atoms with van der Waals surface area (Å²) in [5.41, 5.74) is 2.92. The molecule has 1 heterocycles. The molecular weight excluding hydrogens is 388 g/mol. The zero-order valence-electron chi connectivity index (χ0n) is 17.8. The lowest BCUT2D eigenvalue weighted by Crippen LogP contribution is -2.38. The van der Waals surface area contributed by atoms with Crippen LogP contribution in [0.5, 0.6) is 0 Å². The lowest BCUT2D eigenvalue weighted by Gasteiger charge is -2.22. The molecule has 3 N–H and O–H groups in total. The molecule has 0 atom stereocenters. The maximum atomic E-state index is 11.8. The number of benzene rings is 1. The zero-order valence-corrected chi connectivity index (χ0v) is 18.5. The molecule has 0 aliphatic carbocycles. The molecule has 8 heteroatoms. The number of carbonyl (C=O) groups excluding carboxylic acids is 1. The molecule has 0 unspecified atom stereocenters. The van der Waals surface area contributed by atoms with E-state index in [4.69, 9.17) is 16.6 Å². The Morgan fingerprint density at radius 2 is 1.97 bits per heavy atom. The number of hydrogen-bond donors (Lipinski definition) is 3. The van der Waals surface area contributed by atoms with Gasteiger partial charge in [-0.3, -0.25) is 0 Å². The number of hydrogen-bond acceptors (Lipinski definition) is 2. The first-order chi connectivity index (χ1) is 13.8. The highest BCUT2D eigenvalue weighted by Crippen LogP contribution is 2.15. The quantitative estimate of drug-likeness (QED) is 0.473. The third-order valence-corrected chi connectivity index (χ3v) is 4.42. The number of aryl methyl sites for hydroxylation is 1. The summed E-state index contributed by atoms with van der Waals surface area (Å²) in [6.45, 7) is 7.91. The Morgan fingerprint density at radius 3 is 2.52 bits per heavy atom. The van der Waals surface area contributed by atoms with Crippen LogP contribution in [0.15, 0.2) is 41.5 Å². The first kappa shape index (κ1) is 22.6. The van der Waals surface area contributed by atoms with Crippen LogP contribution in [0.25, 0.3) is 0 Å². The minimum Gasteiger partial charge on any atom is -0.357 e. The summed E-state index contributed by atoms with van der Waals surface area (Å²) in [5, 5.41) is 9.67. The van der Waals surface area contributed by atoms with Gasteiger partial charge < -0.3 is 25.4 Å². The third-order valence-electron chi connectivity index (χ3n) is 4.21. The lowest BCUT2D eigenvalue weighted by atomic mass is 10.2. The van der Waals surface area contributed by atoms with Crippen molar-refractivity contribution in [2.45, 2.75) is 39.9 Å². The van der Waals surface area contributed by atoms with E-state index in [2.05, 4.69) is 20.9 Å². The van der Waals surface area contributed by atoms with Crippen molar-refractivity contribution in [1.82, 2.24) is 20.1 Å². The number of amides is 2. The molecule has 2 aromatic rings. The third kappa shape index (κ3) is 7.34. The van der Waals surface area contributed by atoms with Gasteiger partial charge >= 0.3 is 6.03 Å². The van der Waals surface area contributed by atoms with Crippen molar-refractivity contribution in [2.75, 3.05) is 18.9 Å². The van der Waals surface area contributed by atoms with Crippen molar-refractivity contribution in [3.8, 4) is 0 Å². The van der Waals surface area contributed by atoms with E-state index in [1.54, 1.807) is 0 Å². The van der Waals surface area contributed by atoms with E-state index < -0.39 is 0 Å². The van der Waals surface area contributed by atoms with E-state index in [9.17, 15) is 4.79 Å². The van der Waals surface area contributed by atoms with Gasteiger partial charge in [0.15, 0.2) is 5.96 Å². The molecule has 0 saturated carbocycles. The summed E-state index contributed by atoms with van der Waals surface area (Å²) in [7, 11) is 3.99. The molecule has 1 aromatic heterocycles. The highest BCUT2D eigenvalue weighted by molar-refractivity contribution is 6.30. The number of urea groups is 1. The van der Waals surface area contributed by atoms with Crippen LogP contribution in [0, 0.1) is 0 Å². The molecule has 2 rings (SSSR count). The Bertz CT molecular complexity index is 828. The summed E-state index contributed by atoms with van der Waals surface area (Å²) in [4.78, 5) is 18.6. The Morgan fingerprint density at radius 1 is 1.28 bits per heavy atom. The van der Waals surface area contributed by atoms with E-state index in [0.717, 1.165) is 34.5 Å². The number of nitrogens with zero attached hydrogens (tertiary/aromatic N) is 3. The predicted octanol–water partition coefficient (Wildman–Crippen LogP) is 3.81. The van der Waals surface area contributed by atoms with Crippen molar-refractivity contribution in [3.05, 3.63) is 52.8 Å². The number of aromatic nitrogens is 1. The predicted molar refractivity (Wildman–Crippen MR) is 120 cm³/mol. The highest BCUT2D eigenvalue weighted by atomic mass is 35.5. The Hall–Kier alpha value is -2.67. The van der Waals surface area contributed by atoms with Crippen LogP contribution in [0.4, 0.5) is 10.5 Å². The van der Waals surface area contributed by atoms with Crippen molar-refractivity contribution < 1.29 is 4.79 Å². The van der Waals surface area contributed by atoms with E-state index in [0.29, 0.717) is 13.1 Å². The van der Waals surface area contributed by atoms with Crippen LogP contribution < -0.4 is 16.0 Å². The normalized spacial score (nSPS) is 11.5. The second-order valence-electron chi connectivity index (χ2n) is 7.24. The number of anilines is 1. The van der Waals surface area contributed by atoms with Crippen LogP contribution in [0.1, 0.15) is 32.0 Å². The average molecular weight is 419 g/mol. The van der Waals surface area contributed by atoms with Gasteiger partial charge in [0.25, 0.3) is 0 Å². The number of rotatable bonds is 7. The topological polar surface area (TPSA) is 73.7 Å². The molecule has 0 spiro atoms. The Balaban J connectivity index is 2.00. The second-order valence-corrected chi connectivity index (χ2v) is 7.67. The van der Waals surface area contributed by atoms with E-state index >= 15 is 0 Å². The summed E-state index contributed by atoms with van der Waals surface area (Å²) < 4.78 is 2.02. The number of halogens is 1. The molecule has 7 nitrogen and oxygen atoms in total. The Labute approximate surface area is 178 Å². The van der Waals surface area contributed by atoms with Crippen molar-refractivity contribution in [2.24, 2.45) is 12.0 Å². The number of aliphatic imine (C=N–C) groups is 1. The van der Waals surface area contributed by atoms with E-state index in [1.165, 1.54) is 0 Å². The van der Waals surface area contributed by atoms with Crippen LogP contribution in [0.3, 0.4) is 0 Å². The molecule has 0 radical (unpaired) electrons. The van der Waals surface area contributed by atoms with Gasteiger partial charge in [-0.2, -0.15) is 0 Å². The van der Waals surface area contributed by atoms with Gasteiger partial charge in [-0.05, 0) is 44.5 Å². The largest absolute Gasteiger partial charge is 0.357 e. The molecule has 0 fully saturated rings. The molecule has 1 aromatic carbocycles. The van der Waals surface area contributed by atoms with Crippen molar-refractivity contribution in [1.29, 1.82) is 0 Å². The van der Waals surface area contributed by atoms with Gasteiger partial charge in [-0.25, -0.2) is 9.79 Å². The van der Waals surface area contributed by atoms with Gasteiger partial charge in [0.1, 0.15) is 0 Å². The SMILES string of the molecule is CCNC(=NCc1ccc(NC(=O)NC(C)C)cc1)N(C)Cc1cc(Cl)cn1C. The van der Waals surface area contributed by atoms with Crippen LogP contribution in [0.2, 0.25) is 5.02 Å². The molecular formula is C21H31ClN6O. The highest BCUT2D eigenvalue weighted by Gasteiger charge is 2.10. The van der Waals surface area contributed by atoms with Crippen LogP contribution >= 0.6 is 11.6 Å². The molecule has 0 bridgehead atoms. The van der Waals surface area contributed by atoms with Gasteiger partial charge in [0.05, 0.1) is 18.1 Å². The van der Waals surface area contributed by atoms with Crippen molar-refractivity contribution in [3.63, 3.8) is 0 Å². The summed E-state index contributed by atoms with van der Waals surface area (Å²) in [6.07, 6.45) is 1.89. The second kappa shape index (κ2) is 10.8. The summed E-state index contributed by atoms with van der Waals surface area (Å²) >= 11 is 6.08. The molecule has 2 amide bonds. The molecule has 0 aliphatic heterocycles. The fourth-order valence-corrected chi connectivity index (χ4v) is 3.07. The van der Waals surface area contributed by atoms with Crippen LogP contribution in [-0.4, -0.2) is 41.1 Å². The molecule has 158 valence electrons. The molecule has 0 saturated heterocycles. The van der Waals surface area contributed by atoms with Gasteiger partial charge in [-0.1, -0.05) is 23.7 Å². The summed E-state index contributed by atoms with van der Waals surface area (Å²) in [5.74, 6) is 0.823. The summed E-state index contributed by atoms with van der Waals surface area (Å²) in [6, 6.07) is 9.55. The fraction of sp³-hybridized carbons (Fsp3) is 0.429. The van der Waals surface area contributed by atoms with E-state index in [1.807, 2.05) is 76.0 Å². The Kier molecular flexibility index (Phi) is 8.39. The monoisotopic (exact) mass is 418 g/mol. The maximum Gasteiger partial charge on any atom is 0.319 e. The lowest BCUT2D eigenvalue weighted by molar-refractivity contribution is 0.250. The minimum absolute atomic E-state index is 0.0941. The van der Waals surface area contributed by atoms with Gasteiger partial charge in [0.2, 0.25) is 0 Å². The standard InChI is InChI=1S/C21H31ClN6O/c1-6-23-20(28(5)14-19-11-17(22)13-27(19)4)24-12-16-7-9-18(10-8-16)26-21(29)25-15(2)3/h7-11,13,15H,6,12,14H2,1-5H3,(H,23,24)(H2,25,26,29). The number of guanidine groups is 1. The van der Waals surface area contributed by atoms with Gasteiger partial charge in [0, 0.05) is 44.3 Å². The molecule has 0 aliphatic rings. The zero-order chi connectivity index (χ0) is 21.4. The molecule has 29 heavy (non-hydrogen) atoms. The fourth-order valence-electron chi connectivity index (χ4n) is 2.80. The first-order valence-corrected chi connectivity index (χ1v) is 10.1. The van der Waals surface area contributed by atoms with Gasteiger partial charge in [-0.15, -0.1) is 0 Å². The van der Waals surface area contributed by atoms with Crippen molar-refractivity contribution >= 4 is 29.3 Å². The minimum atomic E-state index is -0.206. The number of carbonyl (C=O) groups is 1. The average Bonchev–Trinajstić information content (AvgIpc) is 2.96. The van der Waals surface area contributed by atoms with Crippen LogP contribution in [-0.2, 0) is 20.1 Å².